The van der Waals surface area contributed by atoms with E-state index in [1.165, 1.54) is 37.0 Å². The molecule has 1 aliphatic rings. The predicted octanol–water partition coefficient (Wildman–Crippen LogP) is 5.79. The van der Waals surface area contributed by atoms with Gasteiger partial charge in [-0.2, -0.15) is 0 Å². The van der Waals surface area contributed by atoms with E-state index in [0.717, 1.165) is 15.4 Å². The van der Waals surface area contributed by atoms with Gasteiger partial charge in [-0.15, -0.1) is 11.3 Å². The lowest BCUT2D eigenvalue weighted by molar-refractivity contribution is 0.227. The molecule has 0 amide bonds. The van der Waals surface area contributed by atoms with E-state index in [9.17, 15) is 0 Å². The SMILES string of the molecule is CCCNC(c1cc(Br)c(Cl)s1)C1(C)CCCC1. The maximum Gasteiger partial charge on any atom is 0.107 e. The van der Waals surface area contributed by atoms with Crippen molar-refractivity contribution in [2.24, 2.45) is 5.41 Å². The summed E-state index contributed by atoms with van der Waals surface area (Å²) in [5, 5.41) is 3.74. The molecule has 1 unspecified atom stereocenters. The first-order valence-electron chi connectivity index (χ1n) is 6.75. The highest BCUT2D eigenvalue weighted by molar-refractivity contribution is 9.10. The topological polar surface area (TPSA) is 12.0 Å². The first-order valence-corrected chi connectivity index (χ1v) is 8.73. The second kappa shape index (κ2) is 6.25. The van der Waals surface area contributed by atoms with E-state index in [2.05, 4.69) is 41.2 Å². The number of halogens is 2. The van der Waals surface area contributed by atoms with Crippen molar-refractivity contribution in [2.75, 3.05) is 6.54 Å². The summed E-state index contributed by atoms with van der Waals surface area (Å²) in [5.74, 6) is 0. The molecule has 0 aliphatic heterocycles. The van der Waals surface area contributed by atoms with Crippen LogP contribution in [0.2, 0.25) is 4.34 Å². The molecular weight excluding hydrogens is 330 g/mol. The van der Waals surface area contributed by atoms with Crippen LogP contribution in [0.1, 0.15) is 56.9 Å². The van der Waals surface area contributed by atoms with Gasteiger partial charge >= 0.3 is 0 Å². The third-order valence-electron chi connectivity index (χ3n) is 3.99. The maximum atomic E-state index is 6.20. The highest BCUT2D eigenvalue weighted by atomic mass is 79.9. The van der Waals surface area contributed by atoms with Crippen LogP contribution in [0.15, 0.2) is 10.5 Å². The summed E-state index contributed by atoms with van der Waals surface area (Å²) in [6.07, 6.45) is 6.54. The highest BCUT2D eigenvalue weighted by Gasteiger charge is 2.38. The van der Waals surface area contributed by atoms with Crippen molar-refractivity contribution in [3.05, 3.63) is 19.8 Å². The third-order valence-corrected chi connectivity index (χ3v) is 6.53. The Balaban J connectivity index is 2.24. The molecule has 1 aromatic rings. The van der Waals surface area contributed by atoms with E-state index in [1.807, 2.05) is 0 Å². The molecule has 0 saturated heterocycles. The third kappa shape index (κ3) is 3.12. The summed E-state index contributed by atoms with van der Waals surface area (Å²) in [7, 11) is 0. The van der Waals surface area contributed by atoms with Crippen molar-refractivity contribution in [2.45, 2.75) is 52.0 Å². The summed E-state index contributed by atoms with van der Waals surface area (Å²) in [6.45, 7) is 5.72. The molecule has 1 atom stereocenters. The lowest BCUT2D eigenvalue weighted by Crippen LogP contribution is -2.34. The van der Waals surface area contributed by atoms with Crippen molar-refractivity contribution >= 4 is 38.9 Å². The predicted molar refractivity (Wildman–Crippen MR) is 84.6 cm³/mol. The largest absolute Gasteiger partial charge is 0.309 e. The van der Waals surface area contributed by atoms with Crippen molar-refractivity contribution in [1.82, 2.24) is 5.32 Å². The number of hydrogen-bond acceptors (Lipinski definition) is 2. The second-order valence-electron chi connectivity index (χ2n) is 5.52. The van der Waals surface area contributed by atoms with Gasteiger partial charge in [0.1, 0.15) is 4.34 Å². The first-order chi connectivity index (χ1) is 8.57. The molecule has 4 heteroatoms. The van der Waals surface area contributed by atoms with Crippen LogP contribution in [0.5, 0.6) is 0 Å². The minimum atomic E-state index is 0.392. The molecule has 2 rings (SSSR count). The smallest absolute Gasteiger partial charge is 0.107 e. The van der Waals surface area contributed by atoms with Gasteiger partial charge in [0.05, 0.1) is 0 Å². The summed E-state index contributed by atoms with van der Waals surface area (Å²) >= 11 is 11.4. The highest BCUT2D eigenvalue weighted by Crippen LogP contribution is 2.50. The molecule has 1 N–H and O–H groups in total. The van der Waals surface area contributed by atoms with Gasteiger partial charge in [-0.3, -0.25) is 0 Å². The Hall–Kier alpha value is 0.430. The van der Waals surface area contributed by atoms with Gasteiger partial charge in [0.15, 0.2) is 0 Å². The van der Waals surface area contributed by atoms with Gasteiger partial charge < -0.3 is 5.32 Å². The van der Waals surface area contributed by atoms with E-state index in [4.69, 9.17) is 11.6 Å². The second-order valence-corrected chi connectivity index (χ2v) is 8.06. The Kier molecular flexibility index (Phi) is 5.15. The molecule has 1 aromatic heterocycles. The van der Waals surface area contributed by atoms with Crippen LogP contribution in [0.3, 0.4) is 0 Å². The van der Waals surface area contributed by atoms with Gasteiger partial charge in [-0.05, 0) is 53.2 Å². The van der Waals surface area contributed by atoms with Crippen LogP contribution in [-0.2, 0) is 0 Å². The fraction of sp³-hybridized carbons (Fsp3) is 0.714. The molecule has 0 bridgehead atoms. The van der Waals surface area contributed by atoms with Crippen molar-refractivity contribution in [3.63, 3.8) is 0 Å². The molecule has 1 fully saturated rings. The van der Waals surface area contributed by atoms with Gasteiger partial charge in [-0.25, -0.2) is 0 Å². The summed E-state index contributed by atoms with van der Waals surface area (Å²) in [5.41, 5.74) is 0.392. The Morgan fingerprint density at radius 2 is 2.17 bits per heavy atom. The van der Waals surface area contributed by atoms with Crippen LogP contribution >= 0.6 is 38.9 Å². The first kappa shape index (κ1) is 14.8. The number of thiophene rings is 1. The number of nitrogens with one attached hydrogen (secondary N) is 1. The standard InChI is InChI=1S/C14H21BrClNS/c1-3-8-17-12(14(2)6-4-5-7-14)11-9-10(15)13(16)18-11/h9,12,17H,3-8H2,1-2H3. The van der Waals surface area contributed by atoms with Crippen LogP contribution < -0.4 is 5.32 Å². The molecule has 102 valence electrons. The molecule has 0 aromatic carbocycles. The monoisotopic (exact) mass is 349 g/mol. The molecule has 0 radical (unpaired) electrons. The van der Waals surface area contributed by atoms with Gasteiger partial charge in [0.2, 0.25) is 0 Å². The van der Waals surface area contributed by atoms with E-state index < -0.39 is 0 Å². The lowest BCUT2D eigenvalue weighted by atomic mass is 9.80. The van der Waals surface area contributed by atoms with Crippen LogP contribution in [0.4, 0.5) is 0 Å². The zero-order valence-corrected chi connectivity index (χ0v) is 14.2. The summed E-state index contributed by atoms with van der Waals surface area (Å²) in [4.78, 5) is 1.38. The van der Waals surface area contributed by atoms with E-state index in [0.29, 0.717) is 11.5 Å². The van der Waals surface area contributed by atoms with E-state index >= 15 is 0 Å². The molecule has 0 spiro atoms. The average molecular weight is 351 g/mol. The Labute approximate surface area is 127 Å². The average Bonchev–Trinajstić information content (AvgIpc) is 2.88. The maximum absolute atomic E-state index is 6.20. The fourth-order valence-corrected chi connectivity index (χ4v) is 4.94. The zero-order valence-electron chi connectivity index (χ0n) is 11.1. The zero-order chi connectivity index (χ0) is 13.2. The summed E-state index contributed by atoms with van der Waals surface area (Å²) < 4.78 is 1.91. The number of rotatable bonds is 5. The van der Waals surface area contributed by atoms with Crippen LogP contribution in [-0.4, -0.2) is 6.54 Å². The van der Waals surface area contributed by atoms with E-state index in [1.54, 1.807) is 11.3 Å². The van der Waals surface area contributed by atoms with Crippen molar-refractivity contribution in [3.8, 4) is 0 Å². The fourth-order valence-electron chi connectivity index (χ4n) is 2.96. The Bertz CT molecular complexity index is 379. The molecule has 1 heterocycles. The molecule has 1 aliphatic carbocycles. The van der Waals surface area contributed by atoms with Gasteiger partial charge in [0.25, 0.3) is 0 Å². The lowest BCUT2D eigenvalue weighted by Gasteiger charge is -2.34. The Morgan fingerprint density at radius 3 is 2.67 bits per heavy atom. The normalized spacial score (nSPS) is 20.2. The van der Waals surface area contributed by atoms with E-state index in [-0.39, 0.29) is 0 Å². The van der Waals surface area contributed by atoms with Gasteiger partial charge in [0, 0.05) is 15.4 Å². The minimum absolute atomic E-state index is 0.392. The van der Waals surface area contributed by atoms with Crippen molar-refractivity contribution < 1.29 is 0 Å². The molecular formula is C14H21BrClNS. The molecule has 1 saturated carbocycles. The van der Waals surface area contributed by atoms with Crippen molar-refractivity contribution in [1.29, 1.82) is 0 Å². The quantitative estimate of drug-likeness (QED) is 0.709. The minimum Gasteiger partial charge on any atom is -0.309 e. The van der Waals surface area contributed by atoms with Crippen LogP contribution in [0.25, 0.3) is 0 Å². The molecule has 18 heavy (non-hydrogen) atoms. The Morgan fingerprint density at radius 1 is 1.50 bits per heavy atom. The van der Waals surface area contributed by atoms with Crippen LogP contribution in [0, 0.1) is 5.41 Å². The van der Waals surface area contributed by atoms with Gasteiger partial charge in [-0.1, -0.05) is 38.3 Å². The number of hydrogen-bond donors (Lipinski definition) is 1. The summed E-state index contributed by atoms with van der Waals surface area (Å²) in [6, 6.07) is 2.65. The molecule has 1 nitrogen and oxygen atoms in total.